The summed E-state index contributed by atoms with van der Waals surface area (Å²) in [5, 5.41) is 0. The minimum absolute atomic E-state index is 0.0760. The van der Waals surface area contributed by atoms with E-state index in [0.29, 0.717) is 29.7 Å². The van der Waals surface area contributed by atoms with Gasteiger partial charge in [0.2, 0.25) is 5.78 Å². The number of furan rings is 1. The van der Waals surface area contributed by atoms with Gasteiger partial charge in [-0.1, -0.05) is 0 Å². The van der Waals surface area contributed by atoms with Crippen LogP contribution in [0.1, 0.15) is 37.7 Å². The Balaban J connectivity index is 1.97. The van der Waals surface area contributed by atoms with Gasteiger partial charge in [-0.25, -0.2) is 4.79 Å². The maximum Gasteiger partial charge on any atom is 0.410 e. The number of nitrogens with zero attached hydrogens (tertiary/aromatic N) is 1. The zero-order valence-corrected chi connectivity index (χ0v) is 13.4. The molecule has 1 aliphatic heterocycles. The smallest absolute Gasteiger partial charge is 0.410 e. The molecule has 110 valence electrons. The summed E-state index contributed by atoms with van der Waals surface area (Å²) in [4.78, 5) is 25.8. The third-order valence-electron chi connectivity index (χ3n) is 3.05. The standard InChI is InChI=1S/C14H18BrNO4/c1-14(2,3)20-13(18)16-6-4-9(8-16)11(17)12-10(15)5-7-19-12/h5,7,9H,4,6,8H2,1-3H3. The first-order valence-corrected chi connectivity index (χ1v) is 7.32. The van der Waals surface area contributed by atoms with Gasteiger partial charge in [-0.05, 0) is 49.2 Å². The van der Waals surface area contributed by atoms with Crippen LogP contribution in [-0.2, 0) is 4.74 Å². The zero-order chi connectivity index (χ0) is 14.9. The molecule has 0 aliphatic carbocycles. The van der Waals surface area contributed by atoms with E-state index >= 15 is 0 Å². The molecule has 0 radical (unpaired) electrons. The van der Waals surface area contributed by atoms with Crippen molar-refractivity contribution in [1.82, 2.24) is 4.90 Å². The van der Waals surface area contributed by atoms with Gasteiger partial charge < -0.3 is 14.1 Å². The number of amides is 1. The second kappa shape index (κ2) is 5.60. The summed E-state index contributed by atoms with van der Waals surface area (Å²) in [5.74, 6) is 0.0129. The fourth-order valence-electron chi connectivity index (χ4n) is 2.12. The lowest BCUT2D eigenvalue weighted by atomic mass is 10.0. The van der Waals surface area contributed by atoms with Crippen LogP contribution in [-0.4, -0.2) is 35.5 Å². The molecule has 0 aromatic carbocycles. The summed E-state index contributed by atoms with van der Waals surface area (Å²) >= 11 is 3.28. The van der Waals surface area contributed by atoms with Gasteiger partial charge in [0, 0.05) is 19.0 Å². The van der Waals surface area contributed by atoms with Crippen LogP contribution in [0, 0.1) is 5.92 Å². The topological polar surface area (TPSA) is 59.8 Å². The fourth-order valence-corrected chi connectivity index (χ4v) is 2.52. The van der Waals surface area contributed by atoms with E-state index in [9.17, 15) is 9.59 Å². The molecule has 2 rings (SSSR count). The van der Waals surface area contributed by atoms with Crippen LogP contribution in [0.5, 0.6) is 0 Å². The molecule has 1 aromatic rings. The van der Waals surface area contributed by atoms with E-state index in [1.807, 2.05) is 20.8 Å². The number of Topliss-reactive ketones (excluding diaryl/α,β-unsaturated/α-hetero) is 1. The molecule has 5 nitrogen and oxygen atoms in total. The van der Waals surface area contributed by atoms with E-state index in [2.05, 4.69) is 15.9 Å². The summed E-state index contributed by atoms with van der Waals surface area (Å²) in [6.07, 6.45) is 1.73. The highest BCUT2D eigenvalue weighted by Crippen LogP contribution is 2.26. The van der Waals surface area contributed by atoms with Crippen molar-refractivity contribution in [3.63, 3.8) is 0 Å². The van der Waals surface area contributed by atoms with Crippen LogP contribution in [0.4, 0.5) is 4.79 Å². The normalized spacial score (nSPS) is 19.2. The van der Waals surface area contributed by atoms with Crippen molar-refractivity contribution in [2.75, 3.05) is 13.1 Å². The van der Waals surface area contributed by atoms with Crippen molar-refractivity contribution in [2.45, 2.75) is 32.8 Å². The number of carbonyl (C=O) groups is 2. The number of ether oxygens (including phenoxy) is 1. The van der Waals surface area contributed by atoms with Gasteiger partial charge in [0.25, 0.3) is 0 Å². The molecule has 6 heteroatoms. The number of rotatable bonds is 2. The molecule has 1 amide bonds. The molecule has 0 N–H and O–H groups in total. The average molecular weight is 344 g/mol. The third-order valence-corrected chi connectivity index (χ3v) is 3.68. The van der Waals surface area contributed by atoms with Crippen LogP contribution in [0.3, 0.4) is 0 Å². The molecule has 0 spiro atoms. The maximum absolute atomic E-state index is 12.3. The lowest BCUT2D eigenvalue weighted by molar-refractivity contribution is 0.0289. The highest BCUT2D eigenvalue weighted by Gasteiger charge is 2.35. The molecule has 1 aromatic heterocycles. The highest BCUT2D eigenvalue weighted by atomic mass is 79.9. The average Bonchev–Trinajstić information content (AvgIpc) is 2.94. The van der Waals surface area contributed by atoms with E-state index in [1.54, 1.807) is 11.0 Å². The number of hydrogen-bond donors (Lipinski definition) is 0. The summed E-state index contributed by atoms with van der Waals surface area (Å²) in [7, 11) is 0. The van der Waals surface area contributed by atoms with Crippen molar-refractivity contribution < 1.29 is 18.7 Å². The Bertz CT molecular complexity index is 517. The van der Waals surface area contributed by atoms with Gasteiger partial charge in [-0.3, -0.25) is 4.79 Å². The Morgan fingerprint density at radius 2 is 2.15 bits per heavy atom. The Morgan fingerprint density at radius 3 is 2.70 bits per heavy atom. The number of carbonyl (C=O) groups excluding carboxylic acids is 2. The molecule has 0 saturated carbocycles. The minimum atomic E-state index is -0.525. The zero-order valence-electron chi connectivity index (χ0n) is 11.8. The number of ketones is 1. The van der Waals surface area contributed by atoms with Crippen molar-refractivity contribution in [1.29, 1.82) is 0 Å². The number of hydrogen-bond acceptors (Lipinski definition) is 4. The molecule has 20 heavy (non-hydrogen) atoms. The number of likely N-dealkylation sites (tertiary alicyclic amines) is 1. The van der Waals surface area contributed by atoms with Crippen LogP contribution < -0.4 is 0 Å². The van der Waals surface area contributed by atoms with Gasteiger partial charge >= 0.3 is 6.09 Å². The monoisotopic (exact) mass is 343 g/mol. The predicted octanol–water partition coefficient (Wildman–Crippen LogP) is 3.48. The van der Waals surface area contributed by atoms with Crippen molar-refractivity contribution in [3.8, 4) is 0 Å². The molecule has 1 saturated heterocycles. The van der Waals surface area contributed by atoms with Gasteiger partial charge in [-0.2, -0.15) is 0 Å². The van der Waals surface area contributed by atoms with Crippen LogP contribution in [0.15, 0.2) is 21.2 Å². The second-order valence-electron chi connectivity index (χ2n) is 5.87. The Kier molecular flexibility index (Phi) is 4.22. The lowest BCUT2D eigenvalue weighted by Crippen LogP contribution is -2.35. The molecule has 1 aliphatic rings. The van der Waals surface area contributed by atoms with Crippen molar-refractivity contribution >= 4 is 27.8 Å². The van der Waals surface area contributed by atoms with E-state index in [1.165, 1.54) is 6.26 Å². The first-order valence-electron chi connectivity index (χ1n) is 6.53. The van der Waals surface area contributed by atoms with Crippen molar-refractivity contribution in [2.24, 2.45) is 5.92 Å². The number of halogens is 1. The Labute approximate surface area is 126 Å². The Morgan fingerprint density at radius 1 is 1.45 bits per heavy atom. The third kappa shape index (κ3) is 3.42. The SMILES string of the molecule is CC(C)(C)OC(=O)N1CCC(C(=O)c2occc2Br)C1. The summed E-state index contributed by atoms with van der Waals surface area (Å²) in [5.41, 5.74) is -0.525. The van der Waals surface area contributed by atoms with Gasteiger partial charge in [0.15, 0.2) is 5.76 Å². The fraction of sp³-hybridized carbons (Fsp3) is 0.571. The van der Waals surface area contributed by atoms with Crippen LogP contribution >= 0.6 is 15.9 Å². The molecular weight excluding hydrogens is 326 g/mol. The molecule has 2 heterocycles. The molecular formula is C14H18BrNO4. The first kappa shape index (κ1) is 15.1. The summed E-state index contributed by atoms with van der Waals surface area (Å²) < 4.78 is 11.1. The quantitative estimate of drug-likeness (QED) is 0.771. The van der Waals surface area contributed by atoms with E-state index < -0.39 is 5.60 Å². The van der Waals surface area contributed by atoms with Gasteiger partial charge in [-0.15, -0.1) is 0 Å². The highest BCUT2D eigenvalue weighted by molar-refractivity contribution is 9.10. The summed E-state index contributed by atoms with van der Waals surface area (Å²) in [6, 6.07) is 1.69. The Hall–Kier alpha value is -1.30. The van der Waals surface area contributed by atoms with Gasteiger partial charge in [0.05, 0.1) is 10.7 Å². The van der Waals surface area contributed by atoms with Crippen LogP contribution in [0.25, 0.3) is 0 Å². The predicted molar refractivity (Wildman–Crippen MR) is 76.7 cm³/mol. The largest absolute Gasteiger partial charge is 0.460 e. The molecule has 1 fully saturated rings. The van der Waals surface area contributed by atoms with Gasteiger partial charge in [0.1, 0.15) is 5.60 Å². The minimum Gasteiger partial charge on any atom is -0.460 e. The molecule has 1 unspecified atom stereocenters. The second-order valence-corrected chi connectivity index (χ2v) is 6.73. The molecule has 0 bridgehead atoms. The first-order chi connectivity index (χ1) is 9.28. The summed E-state index contributed by atoms with van der Waals surface area (Å²) in [6.45, 7) is 6.38. The molecule has 1 atom stereocenters. The lowest BCUT2D eigenvalue weighted by Gasteiger charge is -2.24. The maximum atomic E-state index is 12.3. The van der Waals surface area contributed by atoms with E-state index in [-0.39, 0.29) is 17.8 Å². The van der Waals surface area contributed by atoms with Crippen molar-refractivity contribution in [3.05, 3.63) is 22.6 Å². The van der Waals surface area contributed by atoms with E-state index in [4.69, 9.17) is 9.15 Å². The van der Waals surface area contributed by atoms with Crippen LogP contribution in [0.2, 0.25) is 0 Å². The van der Waals surface area contributed by atoms with E-state index in [0.717, 1.165) is 0 Å².